The summed E-state index contributed by atoms with van der Waals surface area (Å²) in [5.41, 5.74) is 1.70. The van der Waals surface area contributed by atoms with Crippen molar-refractivity contribution >= 4 is 27.5 Å². The first kappa shape index (κ1) is 21.1. The number of fused-ring (bicyclic) bond motifs is 2. The third-order valence-electron chi connectivity index (χ3n) is 6.33. The number of terminal acetylenes is 1. The number of hydrogen-bond donors (Lipinski definition) is 1. The first-order valence-corrected chi connectivity index (χ1v) is 10.9. The predicted octanol–water partition coefficient (Wildman–Crippen LogP) is 4.16. The zero-order valence-corrected chi connectivity index (χ0v) is 18.6. The summed E-state index contributed by atoms with van der Waals surface area (Å²) < 4.78 is 21.4. The molecule has 0 saturated carbocycles. The number of pyridine rings is 1. The van der Waals surface area contributed by atoms with Gasteiger partial charge in [-0.15, -0.1) is 6.42 Å². The number of ether oxygens (including phenoxy) is 1. The highest BCUT2D eigenvalue weighted by Crippen LogP contribution is 2.36. The second-order valence-corrected chi connectivity index (χ2v) is 8.16. The normalized spacial score (nSPS) is 14.4. The molecule has 1 N–H and O–H groups in total. The van der Waals surface area contributed by atoms with E-state index in [1.54, 1.807) is 6.20 Å². The van der Waals surface area contributed by atoms with Gasteiger partial charge in [0.15, 0.2) is 5.82 Å². The Bertz CT molecular complexity index is 1390. The summed E-state index contributed by atoms with van der Waals surface area (Å²) in [5.74, 6) is 2.80. The summed E-state index contributed by atoms with van der Waals surface area (Å²) in [6.07, 6.45) is 9.34. The topological polar surface area (TPSA) is 63.2 Å². The van der Waals surface area contributed by atoms with Crippen LogP contribution >= 0.6 is 0 Å². The molecular formula is C26H24FN5O. The SMILES string of the molecule is C#Cc1cccc2cccc(-c3ncc4c(N(C)C5CCNCC5)nc(OC)nc4c3F)c12. The molecule has 1 saturated heterocycles. The van der Waals surface area contributed by atoms with Crippen molar-refractivity contribution in [1.82, 2.24) is 20.3 Å². The molecule has 6 nitrogen and oxygen atoms in total. The highest BCUT2D eigenvalue weighted by Gasteiger charge is 2.25. The van der Waals surface area contributed by atoms with Crippen LogP contribution in [0.2, 0.25) is 0 Å². The minimum Gasteiger partial charge on any atom is -0.467 e. The van der Waals surface area contributed by atoms with Crippen molar-refractivity contribution in [3.05, 3.63) is 54.0 Å². The number of piperidine rings is 1. The third-order valence-corrected chi connectivity index (χ3v) is 6.33. The van der Waals surface area contributed by atoms with Crippen molar-refractivity contribution in [2.75, 3.05) is 32.1 Å². The minimum absolute atomic E-state index is 0.122. The number of methoxy groups -OCH3 is 1. The average Bonchev–Trinajstić information content (AvgIpc) is 2.88. The fourth-order valence-corrected chi connectivity index (χ4v) is 4.60. The Morgan fingerprint density at radius 1 is 1.15 bits per heavy atom. The van der Waals surface area contributed by atoms with E-state index < -0.39 is 5.82 Å². The molecule has 2 aromatic carbocycles. The van der Waals surface area contributed by atoms with Crippen LogP contribution in [0.25, 0.3) is 32.9 Å². The standard InChI is InChI=1S/C26H24FN5O/c1-4-16-7-5-8-17-9-6-10-19(21(16)17)23-22(27)24-20(15-29-23)25(31-26(30-24)33-3)32(2)18-11-13-28-14-12-18/h1,5-10,15,18,28H,11-14H2,2-3H3. The maximum absolute atomic E-state index is 16.0. The predicted molar refractivity (Wildman–Crippen MR) is 129 cm³/mol. The molecule has 7 heteroatoms. The summed E-state index contributed by atoms with van der Waals surface area (Å²) in [4.78, 5) is 15.5. The number of nitrogens with zero attached hydrogens (tertiary/aromatic N) is 4. The van der Waals surface area contributed by atoms with Crippen molar-refractivity contribution in [3.8, 4) is 29.6 Å². The number of hydrogen-bond acceptors (Lipinski definition) is 6. The minimum atomic E-state index is -0.521. The first-order valence-electron chi connectivity index (χ1n) is 10.9. The fourth-order valence-electron chi connectivity index (χ4n) is 4.60. The summed E-state index contributed by atoms with van der Waals surface area (Å²) in [5, 5.41) is 5.64. The molecule has 0 radical (unpaired) electrons. The molecule has 1 fully saturated rings. The van der Waals surface area contributed by atoms with Gasteiger partial charge in [0.05, 0.1) is 12.5 Å². The molecule has 0 spiro atoms. The van der Waals surface area contributed by atoms with Crippen LogP contribution in [-0.2, 0) is 0 Å². The first-order chi connectivity index (χ1) is 16.1. The number of anilines is 1. The molecule has 0 unspecified atom stereocenters. The van der Waals surface area contributed by atoms with Crippen LogP contribution in [0.15, 0.2) is 42.6 Å². The molecule has 0 bridgehead atoms. The number of benzene rings is 2. The Kier molecular flexibility index (Phi) is 5.53. The summed E-state index contributed by atoms with van der Waals surface area (Å²) in [6.45, 7) is 1.87. The van der Waals surface area contributed by atoms with Crippen molar-refractivity contribution in [2.24, 2.45) is 0 Å². The van der Waals surface area contributed by atoms with Crippen molar-refractivity contribution < 1.29 is 9.13 Å². The van der Waals surface area contributed by atoms with Crippen LogP contribution in [0.3, 0.4) is 0 Å². The fraction of sp³-hybridized carbons (Fsp3) is 0.269. The molecule has 0 aliphatic carbocycles. The van der Waals surface area contributed by atoms with Gasteiger partial charge in [0.1, 0.15) is 17.0 Å². The Morgan fingerprint density at radius 2 is 1.91 bits per heavy atom. The number of aromatic nitrogens is 3. The van der Waals surface area contributed by atoms with E-state index in [0.29, 0.717) is 22.3 Å². The highest BCUT2D eigenvalue weighted by atomic mass is 19.1. The van der Waals surface area contributed by atoms with Crippen LogP contribution < -0.4 is 15.0 Å². The van der Waals surface area contributed by atoms with Gasteiger partial charge < -0.3 is 15.0 Å². The maximum Gasteiger partial charge on any atom is 0.318 e. The molecule has 1 aliphatic rings. The van der Waals surface area contributed by atoms with Crippen molar-refractivity contribution in [3.63, 3.8) is 0 Å². The van der Waals surface area contributed by atoms with Gasteiger partial charge in [0.25, 0.3) is 0 Å². The van der Waals surface area contributed by atoms with Gasteiger partial charge in [0.2, 0.25) is 0 Å². The van der Waals surface area contributed by atoms with Gasteiger partial charge in [0, 0.05) is 35.8 Å². The Labute approximate surface area is 191 Å². The molecule has 0 atom stereocenters. The van der Waals surface area contributed by atoms with Gasteiger partial charge in [-0.05, 0) is 37.4 Å². The van der Waals surface area contributed by atoms with E-state index in [0.717, 1.165) is 36.7 Å². The van der Waals surface area contributed by atoms with Crippen LogP contribution in [0.4, 0.5) is 10.2 Å². The van der Waals surface area contributed by atoms with Crippen molar-refractivity contribution in [2.45, 2.75) is 18.9 Å². The molecule has 33 heavy (non-hydrogen) atoms. The number of rotatable bonds is 4. The van der Waals surface area contributed by atoms with E-state index in [1.165, 1.54) is 7.11 Å². The summed E-state index contributed by atoms with van der Waals surface area (Å²) in [6, 6.07) is 11.8. The van der Waals surface area contributed by atoms with Gasteiger partial charge in [-0.1, -0.05) is 36.3 Å². The molecule has 0 amide bonds. The Hall–Kier alpha value is -3.76. The monoisotopic (exact) mass is 441 g/mol. The van der Waals surface area contributed by atoms with Gasteiger partial charge in [-0.25, -0.2) is 4.39 Å². The average molecular weight is 442 g/mol. The zero-order valence-electron chi connectivity index (χ0n) is 18.6. The second kappa shape index (κ2) is 8.64. The molecule has 1 aliphatic heterocycles. The second-order valence-electron chi connectivity index (χ2n) is 8.16. The van der Waals surface area contributed by atoms with Gasteiger partial charge >= 0.3 is 6.01 Å². The van der Waals surface area contributed by atoms with Crippen LogP contribution in [0.1, 0.15) is 18.4 Å². The van der Waals surface area contributed by atoms with E-state index in [9.17, 15) is 0 Å². The quantitative estimate of drug-likeness (QED) is 0.480. The van der Waals surface area contributed by atoms with E-state index >= 15 is 4.39 Å². The van der Waals surface area contributed by atoms with E-state index in [2.05, 4.69) is 31.1 Å². The van der Waals surface area contributed by atoms with Crippen molar-refractivity contribution in [1.29, 1.82) is 0 Å². The molecule has 166 valence electrons. The molecule has 5 rings (SSSR count). The van der Waals surface area contributed by atoms with E-state index in [1.807, 2.05) is 43.4 Å². The van der Waals surface area contributed by atoms with E-state index in [-0.39, 0.29) is 23.3 Å². The van der Waals surface area contributed by atoms with Crippen LogP contribution in [0, 0.1) is 18.2 Å². The summed E-state index contributed by atoms with van der Waals surface area (Å²) >= 11 is 0. The largest absolute Gasteiger partial charge is 0.467 e. The smallest absolute Gasteiger partial charge is 0.318 e. The Balaban J connectivity index is 1.73. The number of halogens is 1. The lowest BCUT2D eigenvalue weighted by Gasteiger charge is -2.33. The maximum atomic E-state index is 16.0. The van der Waals surface area contributed by atoms with Gasteiger partial charge in [-0.2, -0.15) is 9.97 Å². The van der Waals surface area contributed by atoms with E-state index in [4.69, 9.17) is 11.2 Å². The Morgan fingerprint density at radius 3 is 2.64 bits per heavy atom. The zero-order chi connectivity index (χ0) is 22.9. The molecule has 4 aromatic rings. The van der Waals surface area contributed by atoms with Crippen LogP contribution in [-0.4, -0.2) is 48.2 Å². The third kappa shape index (κ3) is 3.62. The van der Waals surface area contributed by atoms with Gasteiger partial charge in [-0.3, -0.25) is 4.98 Å². The molecule has 2 aromatic heterocycles. The highest BCUT2D eigenvalue weighted by molar-refractivity contribution is 6.01. The lowest BCUT2D eigenvalue weighted by atomic mass is 9.96. The molecule has 3 heterocycles. The molecular weight excluding hydrogens is 417 g/mol. The lowest BCUT2D eigenvalue weighted by molar-refractivity contribution is 0.379. The lowest BCUT2D eigenvalue weighted by Crippen LogP contribution is -2.41. The van der Waals surface area contributed by atoms with Crippen LogP contribution in [0.5, 0.6) is 6.01 Å². The summed E-state index contributed by atoms with van der Waals surface area (Å²) in [7, 11) is 3.46. The number of nitrogens with one attached hydrogen (secondary N) is 1.